The van der Waals surface area contributed by atoms with Gasteiger partial charge in [0.15, 0.2) is 0 Å². The maximum Gasteiger partial charge on any atom is 0.338 e. The van der Waals surface area contributed by atoms with Crippen LogP contribution in [0.3, 0.4) is 0 Å². The molecule has 0 bridgehead atoms. The molecule has 0 spiro atoms. The number of hydrogen-bond acceptors (Lipinski definition) is 5. The highest BCUT2D eigenvalue weighted by atomic mass is 32.2. The van der Waals surface area contributed by atoms with E-state index in [4.69, 9.17) is 5.11 Å². The van der Waals surface area contributed by atoms with Gasteiger partial charge in [-0.1, -0.05) is 5.21 Å². The van der Waals surface area contributed by atoms with Crippen molar-refractivity contribution in [3.8, 4) is 5.69 Å². The van der Waals surface area contributed by atoms with Crippen molar-refractivity contribution in [1.82, 2.24) is 15.0 Å². The number of nitrogens with one attached hydrogen (secondary N) is 1. The monoisotopic (exact) mass is 380 g/mol. The summed E-state index contributed by atoms with van der Waals surface area (Å²) in [7, 11) is -4.22. The van der Waals surface area contributed by atoms with Gasteiger partial charge in [-0.05, 0) is 30.3 Å². The predicted octanol–water partition coefficient (Wildman–Crippen LogP) is 2.04. The molecule has 0 aliphatic carbocycles. The molecule has 0 aliphatic rings. The van der Waals surface area contributed by atoms with E-state index in [1.165, 1.54) is 35.1 Å². The van der Waals surface area contributed by atoms with Gasteiger partial charge in [0.2, 0.25) is 0 Å². The third kappa shape index (κ3) is 3.37. The first-order valence-corrected chi connectivity index (χ1v) is 8.48. The average molecular weight is 380 g/mol. The first-order valence-electron chi connectivity index (χ1n) is 7.00. The van der Waals surface area contributed by atoms with Crippen molar-refractivity contribution in [2.24, 2.45) is 0 Å². The smallest absolute Gasteiger partial charge is 0.338 e. The van der Waals surface area contributed by atoms with Crippen molar-refractivity contribution in [2.75, 3.05) is 4.72 Å². The van der Waals surface area contributed by atoms with E-state index in [1.807, 2.05) is 4.72 Å². The van der Waals surface area contributed by atoms with E-state index in [9.17, 15) is 22.0 Å². The van der Waals surface area contributed by atoms with Crippen LogP contribution in [0.1, 0.15) is 10.4 Å². The van der Waals surface area contributed by atoms with E-state index in [1.54, 1.807) is 6.20 Å². The molecular weight excluding hydrogens is 370 g/mol. The summed E-state index contributed by atoms with van der Waals surface area (Å²) in [5.41, 5.74) is -1.06. The Hall–Kier alpha value is -3.34. The number of aromatic nitrogens is 3. The molecule has 0 saturated carbocycles. The van der Waals surface area contributed by atoms with Crippen LogP contribution in [-0.4, -0.2) is 34.5 Å². The van der Waals surface area contributed by atoms with Gasteiger partial charge in [-0.2, -0.15) is 0 Å². The van der Waals surface area contributed by atoms with Gasteiger partial charge in [0.05, 0.1) is 34.2 Å². The lowest BCUT2D eigenvalue weighted by molar-refractivity contribution is 0.0691. The topological polar surface area (TPSA) is 114 Å². The fraction of sp³-hybridized carbons (Fsp3) is 0. The van der Waals surface area contributed by atoms with Crippen LogP contribution in [0.25, 0.3) is 5.69 Å². The Kier molecular flexibility index (Phi) is 4.38. The Labute approximate surface area is 145 Å². The fourth-order valence-electron chi connectivity index (χ4n) is 2.12. The number of carboxylic acids is 1. The maximum absolute atomic E-state index is 13.9. The molecule has 0 radical (unpaired) electrons. The van der Waals surface area contributed by atoms with Crippen LogP contribution in [0.2, 0.25) is 0 Å². The number of hydrogen-bond donors (Lipinski definition) is 2. The Morgan fingerprint density at radius 1 is 1.12 bits per heavy atom. The number of sulfonamides is 1. The van der Waals surface area contributed by atoms with Gasteiger partial charge in [0.25, 0.3) is 10.0 Å². The van der Waals surface area contributed by atoms with Crippen molar-refractivity contribution < 1.29 is 27.1 Å². The van der Waals surface area contributed by atoms with E-state index in [0.29, 0.717) is 17.8 Å². The van der Waals surface area contributed by atoms with Crippen molar-refractivity contribution in [3.05, 3.63) is 66.0 Å². The van der Waals surface area contributed by atoms with Gasteiger partial charge in [-0.25, -0.2) is 26.7 Å². The van der Waals surface area contributed by atoms with E-state index in [2.05, 4.69) is 10.3 Å². The zero-order valence-electron chi connectivity index (χ0n) is 12.8. The summed E-state index contributed by atoms with van der Waals surface area (Å²) in [6.07, 6.45) is 3.01. The highest BCUT2D eigenvalue weighted by Crippen LogP contribution is 2.23. The number of halogens is 2. The minimum Gasteiger partial charge on any atom is -0.478 e. The first kappa shape index (κ1) is 17.5. The van der Waals surface area contributed by atoms with Crippen LogP contribution in [0.4, 0.5) is 14.5 Å². The second kappa shape index (κ2) is 6.52. The van der Waals surface area contributed by atoms with Gasteiger partial charge in [-0.3, -0.25) is 4.72 Å². The molecule has 0 fully saturated rings. The van der Waals surface area contributed by atoms with Gasteiger partial charge >= 0.3 is 5.97 Å². The lowest BCUT2D eigenvalue weighted by Crippen LogP contribution is -2.15. The van der Waals surface area contributed by atoms with Gasteiger partial charge in [0.1, 0.15) is 11.6 Å². The number of benzene rings is 2. The molecule has 1 aromatic heterocycles. The molecule has 3 aromatic rings. The number of nitrogens with zero attached hydrogens (tertiary/aromatic N) is 3. The third-order valence-electron chi connectivity index (χ3n) is 3.37. The SMILES string of the molecule is O=C(O)c1cc(F)c(NS(=O)(=O)c2ccc(-n3ccnn3)cc2)cc1F. The van der Waals surface area contributed by atoms with Gasteiger partial charge in [-0.15, -0.1) is 5.10 Å². The molecule has 26 heavy (non-hydrogen) atoms. The predicted molar refractivity (Wildman–Crippen MR) is 85.5 cm³/mol. The number of anilines is 1. The molecule has 0 atom stereocenters. The minimum absolute atomic E-state index is 0.205. The van der Waals surface area contributed by atoms with Crippen molar-refractivity contribution in [2.45, 2.75) is 4.90 Å². The number of carboxylic acid groups (broad SMARTS) is 1. The molecule has 1 heterocycles. The maximum atomic E-state index is 13.9. The van der Waals surface area contributed by atoms with Crippen LogP contribution in [-0.2, 0) is 10.0 Å². The molecule has 0 saturated heterocycles. The van der Waals surface area contributed by atoms with Crippen LogP contribution in [0.15, 0.2) is 53.7 Å². The Balaban J connectivity index is 1.90. The minimum atomic E-state index is -4.22. The molecule has 2 N–H and O–H groups in total. The van der Waals surface area contributed by atoms with Crippen molar-refractivity contribution in [1.29, 1.82) is 0 Å². The van der Waals surface area contributed by atoms with Gasteiger partial charge < -0.3 is 5.11 Å². The highest BCUT2D eigenvalue weighted by molar-refractivity contribution is 7.92. The van der Waals surface area contributed by atoms with E-state index < -0.39 is 38.9 Å². The van der Waals surface area contributed by atoms with Crippen molar-refractivity contribution >= 4 is 21.7 Å². The summed E-state index contributed by atoms with van der Waals surface area (Å²) in [6, 6.07) is 6.28. The van der Waals surface area contributed by atoms with E-state index in [0.717, 1.165) is 0 Å². The van der Waals surface area contributed by atoms with Crippen molar-refractivity contribution in [3.63, 3.8) is 0 Å². The van der Waals surface area contributed by atoms with E-state index in [-0.39, 0.29) is 4.90 Å². The summed E-state index contributed by atoms with van der Waals surface area (Å²) in [5.74, 6) is -4.15. The van der Waals surface area contributed by atoms with Crippen LogP contribution in [0, 0.1) is 11.6 Å². The normalized spacial score (nSPS) is 11.3. The second-order valence-corrected chi connectivity index (χ2v) is 6.75. The first-order chi connectivity index (χ1) is 12.3. The molecule has 0 aliphatic heterocycles. The zero-order valence-corrected chi connectivity index (χ0v) is 13.6. The van der Waals surface area contributed by atoms with Crippen LogP contribution in [0.5, 0.6) is 0 Å². The molecule has 8 nitrogen and oxygen atoms in total. The molecule has 3 rings (SSSR count). The number of rotatable bonds is 5. The summed E-state index contributed by atoms with van der Waals surface area (Å²) in [6.45, 7) is 0. The highest BCUT2D eigenvalue weighted by Gasteiger charge is 2.20. The molecule has 134 valence electrons. The lowest BCUT2D eigenvalue weighted by atomic mass is 10.2. The Morgan fingerprint density at radius 2 is 1.81 bits per heavy atom. The Morgan fingerprint density at radius 3 is 2.38 bits per heavy atom. The standard InChI is InChI=1S/C15H10F2N4O4S/c16-12-8-14(13(17)7-11(12)15(22)23)19-26(24,25)10-3-1-9(2-4-10)21-6-5-18-20-21/h1-8,19H,(H,22,23). The second-order valence-electron chi connectivity index (χ2n) is 5.06. The van der Waals surface area contributed by atoms with Crippen LogP contribution >= 0.6 is 0 Å². The molecule has 0 amide bonds. The lowest BCUT2D eigenvalue weighted by Gasteiger charge is -2.10. The molecular formula is C15H10F2N4O4S. The summed E-state index contributed by atoms with van der Waals surface area (Å²) >= 11 is 0. The Bertz CT molecular complexity index is 1070. The molecule has 2 aromatic carbocycles. The average Bonchev–Trinajstić information content (AvgIpc) is 3.12. The quantitative estimate of drug-likeness (QED) is 0.700. The number of aromatic carboxylic acids is 1. The molecule has 0 unspecified atom stereocenters. The van der Waals surface area contributed by atoms with Crippen LogP contribution < -0.4 is 4.72 Å². The third-order valence-corrected chi connectivity index (χ3v) is 4.75. The summed E-state index contributed by atoms with van der Waals surface area (Å²) in [5, 5.41) is 16.1. The summed E-state index contributed by atoms with van der Waals surface area (Å²) in [4.78, 5) is 10.6. The zero-order chi connectivity index (χ0) is 18.9. The molecule has 11 heteroatoms. The number of carbonyl (C=O) groups is 1. The fourth-order valence-corrected chi connectivity index (χ4v) is 3.17. The van der Waals surface area contributed by atoms with Gasteiger partial charge in [0, 0.05) is 6.07 Å². The summed E-state index contributed by atoms with van der Waals surface area (Å²) < 4.78 is 55.5. The largest absolute Gasteiger partial charge is 0.478 e. The van der Waals surface area contributed by atoms with E-state index >= 15 is 0 Å².